The number of amides is 3. The maximum absolute atomic E-state index is 12.0. The summed E-state index contributed by atoms with van der Waals surface area (Å²) in [7, 11) is 0. The van der Waals surface area contributed by atoms with E-state index in [1.165, 1.54) is 0 Å². The van der Waals surface area contributed by atoms with Crippen molar-refractivity contribution in [1.82, 2.24) is 10.2 Å². The van der Waals surface area contributed by atoms with Crippen LogP contribution in [0.2, 0.25) is 0 Å². The fourth-order valence-electron chi connectivity index (χ4n) is 2.33. The molecule has 1 aliphatic rings. The van der Waals surface area contributed by atoms with E-state index in [0.29, 0.717) is 5.92 Å². The van der Waals surface area contributed by atoms with Crippen molar-refractivity contribution >= 4 is 17.9 Å². The molecule has 0 heterocycles. The molecule has 7 heteroatoms. The standard InChI is InChI=1S/C12H21N3O4/c1-8-4-2-3-5-9(8)14-12(19)15(6-10(13)16)7-11(17)18/h8-9H,2-7H2,1H3,(H2,13,16)(H,14,19)(H,17,18). The van der Waals surface area contributed by atoms with Crippen molar-refractivity contribution in [2.24, 2.45) is 11.7 Å². The average molecular weight is 271 g/mol. The number of nitrogens with zero attached hydrogens (tertiary/aromatic N) is 1. The summed E-state index contributed by atoms with van der Waals surface area (Å²) in [5.74, 6) is -1.54. The van der Waals surface area contributed by atoms with E-state index in [2.05, 4.69) is 12.2 Å². The van der Waals surface area contributed by atoms with Gasteiger partial charge in [-0.3, -0.25) is 9.59 Å². The van der Waals surface area contributed by atoms with E-state index in [1.54, 1.807) is 0 Å². The maximum Gasteiger partial charge on any atom is 0.323 e. The number of carboxylic acids is 1. The highest BCUT2D eigenvalue weighted by atomic mass is 16.4. The summed E-state index contributed by atoms with van der Waals surface area (Å²) in [6.45, 7) is 1.13. The number of carbonyl (C=O) groups excluding carboxylic acids is 2. The van der Waals surface area contributed by atoms with Crippen LogP contribution in [0.15, 0.2) is 0 Å². The number of hydrogen-bond acceptors (Lipinski definition) is 3. The number of nitrogens with two attached hydrogens (primary N) is 1. The number of carboxylic acid groups (broad SMARTS) is 1. The average Bonchev–Trinajstić information content (AvgIpc) is 2.30. The zero-order valence-corrected chi connectivity index (χ0v) is 11.1. The Morgan fingerprint density at radius 1 is 1.26 bits per heavy atom. The van der Waals surface area contributed by atoms with Crippen molar-refractivity contribution < 1.29 is 19.5 Å². The Kier molecular flexibility index (Phi) is 5.59. The minimum Gasteiger partial charge on any atom is -0.480 e. The third-order valence-corrected chi connectivity index (χ3v) is 3.38. The molecule has 108 valence electrons. The molecule has 2 atom stereocenters. The van der Waals surface area contributed by atoms with Gasteiger partial charge in [-0.15, -0.1) is 0 Å². The molecule has 4 N–H and O–H groups in total. The first kappa shape index (κ1) is 15.3. The van der Waals surface area contributed by atoms with Gasteiger partial charge in [0.1, 0.15) is 13.1 Å². The molecular formula is C12H21N3O4. The third-order valence-electron chi connectivity index (χ3n) is 3.38. The molecule has 1 aliphatic carbocycles. The van der Waals surface area contributed by atoms with Crippen LogP contribution in [-0.2, 0) is 9.59 Å². The smallest absolute Gasteiger partial charge is 0.323 e. The maximum atomic E-state index is 12.0. The largest absolute Gasteiger partial charge is 0.480 e. The molecular weight excluding hydrogens is 250 g/mol. The lowest BCUT2D eigenvalue weighted by Gasteiger charge is -2.31. The first-order valence-electron chi connectivity index (χ1n) is 6.45. The molecule has 7 nitrogen and oxygen atoms in total. The Morgan fingerprint density at radius 3 is 2.42 bits per heavy atom. The second-order valence-corrected chi connectivity index (χ2v) is 5.03. The van der Waals surface area contributed by atoms with Crippen LogP contribution in [0, 0.1) is 5.92 Å². The normalized spacial score (nSPS) is 22.6. The predicted octanol–water partition coefficient (Wildman–Crippen LogP) is 0.147. The minimum absolute atomic E-state index is 0.0328. The first-order chi connectivity index (χ1) is 8.90. The molecule has 1 saturated carbocycles. The molecule has 0 spiro atoms. The van der Waals surface area contributed by atoms with Crippen LogP contribution in [0.4, 0.5) is 4.79 Å². The van der Waals surface area contributed by atoms with Crippen LogP contribution < -0.4 is 11.1 Å². The topological polar surface area (TPSA) is 113 Å². The summed E-state index contributed by atoms with van der Waals surface area (Å²) in [5, 5.41) is 11.5. The van der Waals surface area contributed by atoms with Crippen LogP contribution in [0.3, 0.4) is 0 Å². The fraction of sp³-hybridized carbons (Fsp3) is 0.750. The summed E-state index contributed by atoms with van der Waals surface area (Å²) < 4.78 is 0. The van der Waals surface area contributed by atoms with Crippen molar-refractivity contribution in [1.29, 1.82) is 0 Å². The Bertz CT molecular complexity index is 343. The van der Waals surface area contributed by atoms with Gasteiger partial charge in [-0.1, -0.05) is 19.8 Å². The Labute approximate surface area is 112 Å². The van der Waals surface area contributed by atoms with Gasteiger partial charge in [0.25, 0.3) is 0 Å². The molecule has 0 aliphatic heterocycles. The SMILES string of the molecule is CC1CCCCC1NC(=O)N(CC(N)=O)CC(=O)O. The van der Waals surface area contributed by atoms with Crippen molar-refractivity contribution in [2.75, 3.05) is 13.1 Å². The second-order valence-electron chi connectivity index (χ2n) is 5.03. The van der Waals surface area contributed by atoms with Gasteiger partial charge in [-0.25, -0.2) is 4.79 Å². The van der Waals surface area contributed by atoms with E-state index < -0.39 is 24.5 Å². The van der Waals surface area contributed by atoms with E-state index in [4.69, 9.17) is 10.8 Å². The Hall–Kier alpha value is -1.79. The summed E-state index contributed by atoms with van der Waals surface area (Å²) in [4.78, 5) is 34.4. The molecule has 1 fully saturated rings. The van der Waals surface area contributed by atoms with Gasteiger partial charge in [0.15, 0.2) is 0 Å². The van der Waals surface area contributed by atoms with Gasteiger partial charge in [0.05, 0.1) is 0 Å². The quantitative estimate of drug-likeness (QED) is 0.660. The van der Waals surface area contributed by atoms with Crippen LogP contribution >= 0.6 is 0 Å². The molecule has 19 heavy (non-hydrogen) atoms. The van der Waals surface area contributed by atoms with Gasteiger partial charge in [-0.2, -0.15) is 0 Å². The second kappa shape index (κ2) is 6.96. The number of carbonyl (C=O) groups is 3. The molecule has 0 saturated heterocycles. The van der Waals surface area contributed by atoms with Crippen molar-refractivity contribution in [3.63, 3.8) is 0 Å². The van der Waals surface area contributed by atoms with E-state index in [9.17, 15) is 14.4 Å². The zero-order chi connectivity index (χ0) is 14.4. The zero-order valence-electron chi connectivity index (χ0n) is 11.1. The van der Waals surface area contributed by atoms with Gasteiger partial charge >= 0.3 is 12.0 Å². The number of nitrogens with one attached hydrogen (secondary N) is 1. The monoisotopic (exact) mass is 271 g/mol. The van der Waals surface area contributed by atoms with E-state index in [1.807, 2.05) is 0 Å². The molecule has 0 aromatic rings. The summed E-state index contributed by atoms with van der Waals surface area (Å²) in [5.41, 5.74) is 5.01. The van der Waals surface area contributed by atoms with Gasteiger partial charge in [-0.05, 0) is 18.8 Å². The van der Waals surface area contributed by atoms with Crippen molar-refractivity contribution in [2.45, 2.75) is 38.6 Å². The summed E-state index contributed by atoms with van der Waals surface area (Å²) >= 11 is 0. The highest BCUT2D eigenvalue weighted by Gasteiger charge is 2.26. The number of hydrogen-bond donors (Lipinski definition) is 3. The third kappa shape index (κ3) is 5.15. The lowest BCUT2D eigenvalue weighted by Crippen LogP contribution is -2.51. The lowest BCUT2D eigenvalue weighted by molar-refractivity contribution is -0.137. The molecule has 1 rings (SSSR count). The highest BCUT2D eigenvalue weighted by Crippen LogP contribution is 2.23. The van der Waals surface area contributed by atoms with E-state index in [0.717, 1.165) is 30.6 Å². The van der Waals surface area contributed by atoms with Crippen LogP contribution in [0.5, 0.6) is 0 Å². The van der Waals surface area contributed by atoms with Gasteiger partial charge in [0.2, 0.25) is 5.91 Å². The van der Waals surface area contributed by atoms with Crippen molar-refractivity contribution in [3.05, 3.63) is 0 Å². The van der Waals surface area contributed by atoms with Crippen LogP contribution in [0.1, 0.15) is 32.6 Å². The number of primary amides is 1. The van der Waals surface area contributed by atoms with Gasteiger partial charge < -0.3 is 21.1 Å². The lowest BCUT2D eigenvalue weighted by atomic mass is 9.86. The molecule has 0 radical (unpaired) electrons. The molecule has 0 bridgehead atoms. The van der Waals surface area contributed by atoms with Gasteiger partial charge in [0, 0.05) is 6.04 Å². The van der Waals surface area contributed by atoms with Crippen LogP contribution in [0.25, 0.3) is 0 Å². The van der Waals surface area contributed by atoms with E-state index >= 15 is 0 Å². The van der Waals surface area contributed by atoms with E-state index in [-0.39, 0.29) is 12.6 Å². The Morgan fingerprint density at radius 2 is 1.89 bits per heavy atom. The number of aliphatic carboxylic acids is 1. The molecule has 2 unspecified atom stereocenters. The molecule has 3 amide bonds. The number of urea groups is 1. The predicted molar refractivity (Wildman–Crippen MR) is 68.4 cm³/mol. The fourth-order valence-corrected chi connectivity index (χ4v) is 2.33. The van der Waals surface area contributed by atoms with Crippen LogP contribution in [-0.4, -0.2) is 47.0 Å². The van der Waals surface area contributed by atoms with Crippen molar-refractivity contribution in [3.8, 4) is 0 Å². The summed E-state index contributed by atoms with van der Waals surface area (Å²) in [6, 6.07) is -0.509. The molecule has 0 aromatic heterocycles. The Balaban J connectivity index is 2.59. The highest BCUT2D eigenvalue weighted by molar-refractivity contribution is 5.86. The molecule has 0 aromatic carbocycles. The number of rotatable bonds is 5. The minimum atomic E-state index is -1.17. The first-order valence-corrected chi connectivity index (χ1v) is 6.45. The summed E-state index contributed by atoms with van der Waals surface area (Å²) in [6.07, 6.45) is 4.11.